The number of hydrogen-bond donors (Lipinski definition) is 2. The molecule has 0 radical (unpaired) electrons. The van der Waals surface area contributed by atoms with E-state index in [-0.39, 0.29) is 6.10 Å². The molecule has 4 heteroatoms. The molecular formula is C12H16N2OS. The molecule has 0 saturated carbocycles. The molecular weight excluding hydrogens is 220 g/mol. The zero-order valence-electron chi connectivity index (χ0n) is 9.31. The molecule has 86 valence electrons. The normalized spacial score (nSPS) is 12.9. The van der Waals surface area contributed by atoms with Gasteiger partial charge in [0.25, 0.3) is 0 Å². The van der Waals surface area contributed by atoms with Gasteiger partial charge in [0.2, 0.25) is 0 Å². The number of benzene rings is 1. The summed E-state index contributed by atoms with van der Waals surface area (Å²) in [6.07, 6.45) is 1.57. The van der Waals surface area contributed by atoms with Crippen molar-refractivity contribution in [2.75, 3.05) is 11.9 Å². The van der Waals surface area contributed by atoms with Gasteiger partial charge in [-0.15, -0.1) is 0 Å². The quantitative estimate of drug-likeness (QED) is 0.839. The van der Waals surface area contributed by atoms with Crippen LogP contribution in [0, 0.1) is 0 Å². The Kier molecular flexibility index (Phi) is 3.74. The molecule has 0 fully saturated rings. The number of rotatable bonds is 5. The molecule has 1 aromatic heterocycles. The number of fused-ring (bicyclic) bond motifs is 1. The average molecular weight is 236 g/mol. The molecule has 1 atom stereocenters. The molecule has 3 nitrogen and oxygen atoms in total. The highest BCUT2D eigenvalue weighted by Crippen LogP contribution is 2.27. The molecule has 0 aliphatic carbocycles. The minimum absolute atomic E-state index is 0.272. The van der Waals surface area contributed by atoms with Gasteiger partial charge in [0.1, 0.15) is 5.00 Å². The highest BCUT2D eigenvalue weighted by molar-refractivity contribution is 7.11. The van der Waals surface area contributed by atoms with E-state index in [1.807, 2.05) is 24.3 Å². The molecule has 2 rings (SSSR count). The van der Waals surface area contributed by atoms with Crippen molar-refractivity contribution in [3.8, 4) is 0 Å². The second-order valence-corrected chi connectivity index (χ2v) is 4.63. The molecule has 2 N–H and O–H groups in total. The van der Waals surface area contributed by atoms with Crippen molar-refractivity contribution in [2.45, 2.75) is 25.9 Å². The summed E-state index contributed by atoms with van der Waals surface area (Å²) >= 11 is 1.45. The summed E-state index contributed by atoms with van der Waals surface area (Å²) in [4.78, 5) is 0. The van der Waals surface area contributed by atoms with E-state index in [0.717, 1.165) is 28.7 Å². The first-order valence-corrected chi connectivity index (χ1v) is 6.35. The zero-order valence-corrected chi connectivity index (χ0v) is 10.1. The van der Waals surface area contributed by atoms with Gasteiger partial charge in [-0.2, -0.15) is 4.37 Å². The molecule has 0 aliphatic heterocycles. The Hall–Kier alpha value is -1.13. The van der Waals surface area contributed by atoms with Gasteiger partial charge >= 0.3 is 0 Å². The predicted molar refractivity (Wildman–Crippen MR) is 69.0 cm³/mol. The van der Waals surface area contributed by atoms with Crippen molar-refractivity contribution < 1.29 is 5.11 Å². The summed E-state index contributed by atoms with van der Waals surface area (Å²) in [5.74, 6) is 0. The maximum Gasteiger partial charge on any atom is 0.117 e. The second kappa shape index (κ2) is 5.27. The first-order chi connectivity index (χ1) is 7.81. The number of nitrogens with one attached hydrogen (secondary N) is 1. The lowest BCUT2D eigenvalue weighted by Crippen LogP contribution is -2.18. The highest BCUT2D eigenvalue weighted by atomic mass is 32.1. The zero-order chi connectivity index (χ0) is 11.4. The van der Waals surface area contributed by atoms with E-state index in [1.54, 1.807) is 0 Å². The number of aliphatic hydroxyl groups is 1. The first-order valence-electron chi connectivity index (χ1n) is 5.57. The van der Waals surface area contributed by atoms with Gasteiger partial charge in [-0.1, -0.05) is 25.5 Å². The maximum atomic E-state index is 9.64. The number of hydrogen-bond acceptors (Lipinski definition) is 4. The van der Waals surface area contributed by atoms with Crippen LogP contribution in [-0.2, 0) is 0 Å². The van der Waals surface area contributed by atoms with Crippen LogP contribution in [0.25, 0.3) is 10.9 Å². The maximum absolute atomic E-state index is 9.64. The molecule has 1 aromatic carbocycles. The van der Waals surface area contributed by atoms with Crippen molar-refractivity contribution in [3.63, 3.8) is 0 Å². The smallest absolute Gasteiger partial charge is 0.117 e. The lowest BCUT2D eigenvalue weighted by atomic mass is 10.2. The van der Waals surface area contributed by atoms with Crippen LogP contribution in [0.5, 0.6) is 0 Å². The van der Waals surface area contributed by atoms with Gasteiger partial charge in [-0.25, -0.2) is 0 Å². The number of nitrogens with zero attached hydrogens (tertiary/aromatic N) is 1. The lowest BCUT2D eigenvalue weighted by Gasteiger charge is -2.10. The van der Waals surface area contributed by atoms with Gasteiger partial charge in [-0.05, 0) is 30.1 Å². The van der Waals surface area contributed by atoms with Crippen LogP contribution >= 0.6 is 11.5 Å². The van der Waals surface area contributed by atoms with Crippen LogP contribution in [0.2, 0.25) is 0 Å². The Morgan fingerprint density at radius 1 is 1.44 bits per heavy atom. The van der Waals surface area contributed by atoms with E-state index < -0.39 is 0 Å². The van der Waals surface area contributed by atoms with E-state index >= 15 is 0 Å². The van der Waals surface area contributed by atoms with Crippen LogP contribution in [0.1, 0.15) is 19.8 Å². The third-order valence-corrected chi connectivity index (χ3v) is 3.34. The van der Waals surface area contributed by atoms with Crippen LogP contribution in [-0.4, -0.2) is 22.1 Å². The predicted octanol–water partition coefficient (Wildman–Crippen LogP) is 2.87. The number of aromatic nitrogens is 1. The van der Waals surface area contributed by atoms with Gasteiger partial charge < -0.3 is 10.4 Å². The summed E-state index contributed by atoms with van der Waals surface area (Å²) in [6.45, 7) is 2.67. The van der Waals surface area contributed by atoms with Crippen LogP contribution in [0.4, 0.5) is 5.00 Å². The van der Waals surface area contributed by atoms with Crippen LogP contribution in [0.3, 0.4) is 0 Å². The lowest BCUT2D eigenvalue weighted by molar-refractivity contribution is 0.176. The van der Waals surface area contributed by atoms with Crippen molar-refractivity contribution >= 4 is 27.4 Å². The summed E-state index contributed by atoms with van der Waals surface area (Å²) in [5.41, 5.74) is 1.01. The molecule has 0 amide bonds. The minimum atomic E-state index is -0.272. The van der Waals surface area contributed by atoms with Gasteiger partial charge in [0, 0.05) is 11.9 Å². The van der Waals surface area contributed by atoms with Crippen molar-refractivity contribution in [1.82, 2.24) is 4.37 Å². The minimum Gasteiger partial charge on any atom is -0.391 e. The second-order valence-electron chi connectivity index (χ2n) is 3.85. The largest absolute Gasteiger partial charge is 0.391 e. The average Bonchev–Trinajstić information content (AvgIpc) is 2.70. The summed E-state index contributed by atoms with van der Waals surface area (Å²) < 4.78 is 4.34. The third-order valence-electron chi connectivity index (χ3n) is 2.50. The Balaban J connectivity index is 2.04. The third kappa shape index (κ3) is 2.51. The van der Waals surface area contributed by atoms with Crippen molar-refractivity contribution in [2.24, 2.45) is 0 Å². The standard InChI is InChI=1S/C12H16N2OS/c1-2-5-9(15)8-13-12-10-6-3-4-7-11(10)14-16-12/h3-4,6-7,9,13,15H,2,5,8H2,1H3. The Morgan fingerprint density at radius 3 is 3.06 bits per heavy atom. The summed E-state index contributed by atoms with van der Waals surface area (Å²) in [6, 6.07) is 8.04. The molecule has 0 saturated heterocycles. The fourth-order valence-electron chi connectivity index (χ4n) is 1.66. The van der Waals surface area contributed by atoms with E-state index in [2.05, 4.69) is 16.6 Å². The Morgan fingerprint density at radius 2 is 2.25 bits per heavy atom. The van der Waals surface area contributed by atoms with Crippen LogP contribution in [0.15, 0.2) is 24.3 Å². The fourth-order valence-corrected chi connectivity index (χ4v) is 2.43. The number of anilines is 1. The monoisotopic (exact) mass is 236 g/mol. The fraction of sp³-hybridized carbons (Fsp3) is 0.417. The van der Waals surface area contributed by atoms with E-state index in [0.29, 0.717) is 6.54 Å². The van der Waals surface area contributed by atoms with Crippen molar-refractivity contribution in [1.29, 1.82) is 0 Å². The topological polar surface area (TPSA) is 45.1 Å². The van der Waals surface area contributed by atoms with Gasteiger partial charge in [0.05, 0.1) is 11.6 Å². The molecule has 0 bridgehead atoms. The van der Waals surface area contributed by atoms with Gasteiger partial charge in [0.15, 0.2) is 0 Å². The number of aliphatic hydroxyl groups excluding tert-OH is 1. The summed E-state index contributed by atoms with van der Waals surface area (Å²) in [5, 5.41) is 15.1. The van der Waals surface area contributed by atoms with Crippen LogP contribution < -0.4 is 5.32 Å². The SMILES string of the molecule is CCCC(O)CNc1snc2ccccc12. The highest BCUT2D eigenvalue weighted by Gasteiger charge is 2.07. The van der Waals surface area contributed by atoms with E-state index in [4.69, 9.17) is 0 Å². The molecule has 0 spiro atoms. The van der Waals surface area contributed by atoms with Crippen molar-refractivity contribution in [3.05, 3.63) is 24.3 Å². The van der Waals surface area contributed by atoms with E-state index in [9.17, 15) is 5.11 Å². The first kappa shape index (κ1) is 11.4. The molecule has 16 heavy (non-hydrogen) atoms. The molecule has 2 aromatic rings. The molecule has 1 heterocycles. The van der Waals surface area contributed by atoms with Gasteiger partial charge in [-0.3, -0.25) is 0 Å². The Labute approximate surface area is 99.3 Å². The molecule has 1 unspecified atom stereocenters. The molecule has 0 aliphatic rings. The summed E-state index contributed by atoms with van der Waals surface area (Å²) in [7, 11) is 0. The van der Waals surface area contributed by atoms with E-state index in [1.165, 1.54) is 11.5 Å². The Bertz CT molecular complexity index is 455.